The molecule has 4 bridgehead atoms. The van der Waals surface area contributed by atoms with Gasteiger partial charge in [0, 0.05) is 30.6 Å². The lowest BCUT2D eigenvalue weighted by atomic mass is 9.68. The van der Waals surface area contributed by atoms with E-state index in [-0.39, 0.29) is 17.6 Å². The van der Waals surface area contributed by atoms with Crippen molar-refractivity contribution in [3.05, 3.63) is 40.3 Å². The highest BCUT2D eigenvalue weighted by Gasteiger charge is 2.45. The molecule has 0 spiro atoms. The molecular formula is C31H43N3O3. The van der Waals surface area contributed by atoms with Gasteiger partial charge in [-0.15, -0.1) is 0 Å². The van der Waals surface area contributed by atoms with E-state index in [1.165, 1.54) is 57.8 Å². The molecule has 37 heavy (non-hydrogen) atoms. The number of carbonyl (C=O) groups is 1. The molecule has 4 aliphatic rings. The normalized spacial score (nSPS) is 31.8. The van der Waals surface area contributed by atoms with Gasteiger partial charge in [0.15, 0.2) is 0 Å². The number of benzene rings is 1. The van der Waals surface area contributed by atoms with Crippen LogP contribution in [0.15, 0.2) is 29.1 Å². The van der Waals surface area contributed by atoms with Gasteiger partial charge in [0.2, 0.25) is 0 Å². The monoisotopic (exact) mass is 505 g/mol. The average molecular weight is 506 g/mol. The van der Waals surface area contributed by atoms with Gasteiger partial charge in [-0.2, -0.15) is 0 Å². The molecule has 6 rings (SSSR count). The molecule has 200 valence electrons. The Morgan fingerprint density at radius 3 is 2.35 bits per heavy atom. The van der Waals surface area contributed by atoms with E-state index in [2.05, 4.69) is 15.5 Å². The number of rotatable bonds is 7. The number of nitrogens with zero attached hydrogens (tertiary/aromatic N) is 3. The second-order valence-corrected chi connectivity index (χ2v) is 12.2. The number of esters is 1. The molecule has 2 aliphatic heterocycles. The molecule has 6 heteroatoms. The zero-order chi connectivity index (χ0) is 25.4. The summed E-state index contributed by atoms with van der Waals surface area (Å²) >= 11 is 0. The number of aromatic nitrogens is 2. The van der Waals surface area contributed by atoms with Crippen molar-refractivity contribution < 1.29 is 9.53 Å². The van der Waals surface area contributed by atoms with Gasteiger partial charge in [-0.25, -0.2) is 4.98 Å². The highest BCUT2D eigenvalue weighted by molar-refractivity contribution is 5.75. The molecule has 3 heterocycles. The first-order valence-corrected chi connectivity index (χ1v) is 15.0. The van der Waals surface area contributed by atoms with E-state index >= 15 is 0 Å². The molecule has 2 aliphatic carbocycles. The van der Waals surface area contributed by atoms with Crippen LogP contribution in [-0.2, 0) is 16.0 Å². The van der Waals surface area contributed by atoms with Crippen LogP contribution in [0.25, 0.3) is 11.0 Å². The molecule has 1 aromatic heterocycles. The Balaban J connectivity index is 1.26. The number of carbonyl (C=O) groups excluding carboxylic acids is 1. The van der Waals surface area contributed by atoms with Crippen LogP contribution in [0.5, 0.6) is 0 Å². The first-order chi connectivity index (χ1) is 18.1. The van der Waals surface area contributed by atoms with Crippen molar-refractivity contribution in [1.82, 2.24) is 14.5 Å². The number of piperidine rings is 2. The summed E-state index contributed by atoms with van der Waals surface area (Å²) in [6.07, 6.45) is 16.0. The van der Waals surface area contributed by atoms with Crippen LogP contribution in [0.1, 0.15) is 102 Å². The van der Waals surface area contributed by atoms with Crippen molar-refractivity contribution in [1.29, 1.82) is 0 Å². The fourth-order valence-corrected chi connectivity index (χ4v) is 8.50. The molecule has 2 aromatic rings. The Bertz CT molecular complexity index is 1150. The second kappa shape index (κ2) is 10.9. The third-order valence-corrected chi connectivity index (χ3v) is 9.86. The van der Waals surface area contributed by atoms with Crippen LogP contribution in [-0.4, -0.2) is 45.2 Å². The average Bonchev–Trinajstić information content (AvgIpc) is 2.88. The Morgan fingerprint density at radius 2 is 1.62 bits per heavy atom. The van der Waals surface area contributed by atoms with Crippen molar-refractivity contribution in [2.24, 2.45) is 11.8 Å². The minimum atomic E-state index is -0.198. The van der Waals surface area contributed by atoms with E-state index in [0.717, 1.165) is 41.8 Å². The summed E-state index contributed by atoms with van der Waals surface area (Å²) in [5.74, 6) is 1.69. The molecule has 0 N–H and O–H groups in total. The molecule has 4 unspecified atom stereocenters. The van der Waals surface area contributed by atoms with Gasteiger partial charge in [0.05, 0.1) is 17.6 Å². The van der Waals surface area contributed by atoms with Gasteiger partial charge in [-0.05, 0) is 88.7 Å². The van der Waals surface area contributed by atoms with Crippen molar-refractivity contribution in [3.63, 3.8) is 0 Å². The summed E-state index contributed by atoms with van der Waals surface area (Å²) in [4.78, 5) is 33.5. The maximum absolute atomic E-state index is 13.9. The number of hydrogen-bond donors (Lipinski definition) is 0. The smallest absolute Gasteiger partial charge is 0.305 e. The standard InChI is InChI=1S/C31H43N3O3/c1-2-37-30(35)15-7-13-28-31(36)34(29-14-4-3-12-27(29)32-28)26-19-23-10-6-11-24(20-26)33(23)25-17-21-8-5-9-22(16-21)18-25/h3-4,12,14,21-26H,2,5-11,13,15-20H2,1H3/t21-,22?,23+,24?,25?,26?/m0/s1. The fraction of sp³-hybridized carbons (Fsp3) is 0.710. The van der Waals surface area contributed by atoms with Crippen LogP contribution < -0.4 is 5.56 Å². The number of ether oxygens (including phenoxy) is 1. The Kier molecular flexibility index (Phi) is 7.38. The molecule has 6 atom stereocenters. The summed E-state index contributed by atoms with van der Waals surface area (Å²) in [7, 11) is 0. The summed E-state index contributed by atoms with van der Waals surface area (Å²) in [5, 5.41) is 0. The number of aryl methyl sites for hydroxylation is 1. The van der Waals surface area contributed by atoms with Crippen LogP contribution in [0, 0.1) is 11.8 Å². The summed E-state index contributed by atoms with van der Waals surface area (Å²) in [5.41, 5.74) is 2.49. The zero-order valence-electron chi connectivity index (χ0n) is 22.4. The zero-order valence-corrected chi connectivity index (χ0v) is 22.4. The van der Waals surface area contributed by atoms with Crippen molar-refractivity contribution in [2.75, 3.05) is 6.61 Å². The Hall–Kier alpha value is -2.21. The van der Waals surface area contributed by atoms with E-state index in [1.54, 1.807) is 0 Å². The number of fused-ring (bicyclic) bond motifs is 5. The number of para-hydroxylation sites is 2. The fourth-order valence-electron chi connectivity index (χ4n) is 8.50. The molecule has 4 fully saturated rings. The third kappa shape index (κ3) is 5.10. The maximum atomic E-state index is 13.9. The van der Waals surface area contributed by atoms with E-state index in [0.29, 0.717) is 43.6 Å². The van der Waals surface area contributed by atoms with Gasteiger partial charge in [0.1, 0.15) is 5.69 Å². The van der Waals surface area contributed by atoms with Crippen LogP contribution >= 0.6 is 0 Å². The van der Waals surface area contributed by atoms with Gasteiger partial charge < -0.3 is 9.30 Å². The minimum Gasteiger partial charge on any atom is -0.466 e. The second-order valence-electron chi connectivity index (χ2n) is 12.2. The summed E-state index contributed by atoms with van der Waals surface area (Å²) in [6.45, 7) is 2.21. The van der Waals surface area contributed by atoms with Crippen molar-refractivity contribution in [2.45, 2.75) is 121 Å². The minimum absolute atomic E-state index is 0.0475. The van der Waals surface area contributed by atoms with E-state index in [4.69, 9.17) is 9.72 Å². The molecule has 2 saturated carbocycles. The molecule has 0 radical (unpaired) electrons. The highest BCUT2D eigenvalue weighted by Crippen LogP contribution is 2.47. The maximum Gasteiger partial charge on any atom is 0.305 e. The van der Waals surface area contributed by atoms with Gasteiger partial charge >= 0.3 is 5.97 Å². The topological polar surface area (TPSA) is 64.4 Å². The van der Waals surface area contributed by atoms with Crippen LogP contribution in [0.4, 0.5) is 0 Å². The third-order valence-electron chi connectivity index (χ3n) is 9.86. The predicted octanol–water partition coefficient (Wildman–Crippen LogP) is 5.81. The van der Waals surface area contributed by atoms with Gasteiger partial charge in [-0.3, -0.25) is 14.5 Å². The largest absolute Gasteiger partial charge is 0.466 e. The van der Waals surface area contributed by atoms with E-state index in [1.807, 2.05) is 25.1 Å². The SMILES string of the molecule is CCOC(=O)CCCc1nc2ccccc2n(C2CC3CCC[C@H](C2)N3C2CC3CCC[C@@H](C3)C2)c1=O. The lowest BCUT2D eigenvalue weighted by Crippen LogP contribution is -2.58. The summed E-state index contributed by atoms with van der Waals surface area (Å²) in [6, 6.07) is 10.3. The molecule has 1 aromatic carbocycles. The first kappa shape index (κ1) is 25.1. The number of hydrogen-bond acceptors (Lipinski definition) is 5. The predicted molar refractivity (Wildman–Crippen MR) is 146 cm³/mol. The van der Waals surface area contributed by atoms with Crippen molar-refractivity contribution >= 4 is 17.0 Å². The van der Waals surface area contributed by atoms with Gasteiger partial charge in [0.25, 0.3) is 5.56 Å². The Morgan fingerprint density at radius 1 is 0.919 bits per heavy atom. The van der Waals surface area contributed by atoms with Gasteiger partial charge in [-0.1, -0.05) is 37.8 Å². The van der Waals surface area contributed by atoms with Crippen LogP contribution in [0.3, 0.4) is 0 Å². The lowest BCUT2D eigenvalue weighted by molar-refractivity contribution is -0.143. The Labute approximate surface area is 220 Å². The highest BCUT2D eigenvalue weighted by atomic mass is 16.5. The first-order valence-electron chi connectivity index (χ1n) is 15.0. The van der Waals surface area contributed by atoms with Crippen molar-refractivity contribution in [3.8, 4) is 0 Å². The van der Waals surface area contributed by atoms with E-state index < -0.39 is 0 Å². The molecular weight excluding hydrogens is 462 g/mol. The lowest BCUT2D eigenvalue weighted by Gasteiger charge is -2.55. The molecule has 0 amide bonds. The quantitative estimate of drug-likeness (QED) is 0.445. The molecule has 6 nitrogen and oxygen atoms in total. The molecule has 2 saturated heterocycles. The summed E-state index contributed by atoms with van der Waals surface area (Å²) < 4.78 is 7.18. The van der Waals surface area contributed by atoms with Crippen LogP contribution in [0.2, 0.25) is 0 Å². The van der Waals surface area contributed by atoms with E-state index in [9.17, 15) is 9.59 Å².